The number of ether oxygens (including phenoxy) is 1. The number of carboxylic acids is 1. The van der Waals surface area contributed by atoms with E-state index in [1.165, 1.54) is 42.5 Å². The molecule has 1 aliphatic heterocycles. The van der Waals surface area contributed by atoms with Crippen LogP contribution in [0.4, 0.5) is 13.2 Å². The molecule has 3 aromatic rings. The summed E-state index contributed by atoms with van der Waals surface area (Å²) in [6.07, 6.45) is -1.33. The first-order chi connectivity index (χ1) is 16.0. The third-order valence-electron chi connectivity index (χ3n) is 5.90. The van der Waals surface area contributed by atoms with Crippen molar-refractivity contribution in [2.75, 3.05) is 13.1 Å². The second-order valence-corrected chi connectivity index (χ2v) is 10.2. The summed E-state index contributed by atoms with van der Waals surface area (Å²) in [5, 5.41) is 12.2. The van der Waals surface area contributed by atoms with Gasteiger partial charge in [0, 0.05) is 42.8 Å². The van der Waals surface area contributed by atoms with Crippen molar-refractivity contribution in [3.05, 3.63) is 65.5 Å². The van der Waals surface area contributed by atoms with Crippen molar-refractivity contribution in [3.63, 3.8) is 0 Å². The molecule has 0 radical (unpaired) electrons. The molecule has 34 heavy (non-hydrogen) atoms. The number of nitrogens with zero attached hydrogens (tertiary/aromatic N) is 1. The fourth-order valence-corrected chi connectivity index (χ4v) is 5.44. The largest absolute Gasteiger partial charge is 0.550 e. The first kappa shape index (κ1) is 24.2. The lowest BCUT2D eigenvalue weighted by Gasteiger charge is -2.28. The van der Waals surface area contributed by atoms with Crippen LogP contribution in [0.15, 0.2) is 53.4 Å². The number of carboxylic acid groups (broad SMARTS) is 1. The zero-order valence-electron chi connectivity index (χ0n) is 18.2. The van der Waals surface area contributed by atoms with Gasteiger partial charge in [-0.3, -0.25) is 0 Å². The number of aliphatic carboxylic acids is 1. The molecule has 0 aliphatic carbocycles. The Morgan fingerprint density at radius 3 is 2.41 bits per heavy atom. The SMILES string of the molecule is Cc1c(CC(=O)[O-])cc2ccc(F)cc2c1Oc1ccc([S+](=O)(O)N2CCC(F)(F)CC2)cc1. The van der Waals surface area contributed by atoms with Crippen LogP contribution in [-0.2, 0) is 25.8 Å². The molecule has 1 aliphatic rings. The molecule has 10 heteroatoms. The zero-order valence-corrected chi connectivity index (χ0v) is 19.0. The van der Waals surface area contributed by atoms with Crippen molar-refractivity contribution in [1.82, 2.24) is 4.31 Å². The minimum absolute atomic E-state index is 0.0448. The maximum atomic E-state index is 13.9. The standard InChI is InChI=1S/C24H22F3NO5S/c1-15-17(13-22(29)30)12-16-2-3-18(25)14-21(16)23(15)33-19-4-6-20(7-5-19)34(31,32)28-10-8-24(26,27)9-11-28/h2-7,12,14H,8-11,13H2,1H3,(H-,29,30,31,32). The zero-order chi connectivity index (χ0) is 24.7. The summed E-state index contributed by atoms with van der Waals surface area (Å²) in [4.78, 5) is 11.2. The molecule has 0 spiro atoms. The number of hydrogen-bond donors (Lipinski definition) is 1. The van der Waals surface area contributed by atoms with Crippen molar-refractivity contribution in [2.24, 2.45) is 0 Å². The molecule has 0 amide bonds. The van der Waals surface area contributed by atoms with E-state index in [-0.39, 0.29) is 35.9 Å². The minimum Gasteiger partial charge on any atom is -0.550 e. The third kappa shape index (κ3) is 4.94. The fourth-order valence-electron chi connectivity index (χ4n) is 3.98. The van der Waals surface area contributed by atoms with Crippen molar-refractivity contribution in [2.45, 2.75) is 37.0 Å². The smallest absolute Gasteiger partial charge is 0.325 e. The van der Waals surface area contributed by atoms with Crippen molar-refractivity contribution in [3.8, 4) is 11.5 Å². The molecule has 1 fully saturated rings. The predicted molar refractivity (Wildman–Crippen MR) is 119 cm³/mol. The molecule has 6 nitrogen and oxygen atoms in total. The van der Waals surface area contributed by atoms with Crippen molar-refractivity contribution < 1.29 is 36.6 Å². The fraction of sp³-hybridized carbons (Fsp3) is 0.292. The number of alkyl halides is 2. The molecule has 1 N–H and O–H groups in total. The molecule has 1 heterocycles. The van der Waals surface area contributed by atoms with E-state index in [1.54, 1.807) is 13.0 Å². The van der Waals surface area contributed by atoms with Gasteiger partial charge in [-0.05, 0) is 51.9 Å². The summed E-state index contributed by atoms with van der Waals surface area (Å²) in [5.74, 6) is -4.08. The molecule has 0 bridgehead atoms. The van der Waals surface area contributed by atoms with Gasteiger partial charge in [-0.1, -0.05) is 16.4 Å². The van der Waals surface area contributed by atoms with E-state index in [2.05, 4.69) is 0 Å². The topological polar surface area (TPSA) is 89.9 Å². The van der Waals surface area contributed by atoms with Crippen molar-refractivity contribution in [1.29, 1.82) is 0 Å². The lowest BCUT2D eigenvalue weighted by molar-refractivity contribution is -0.304. The van der Waals surface area contributed by atoms with E-state index in [9.17, 15) is 31.8 Å². The van der Waals surface area contributed by atoms with Crippen LogP contribution in [0.2, 0.25) is 0 Å². The van der Waals surface area contributed by atoms with Gasteiger partial charge in [-0.25, -0.2) is 13.2 Å². The highest BCUT2D eigenvalue weighted by Crippen LogP contribution is 2.37. The number of rotatable bonds is 6. The molecule has 0 aromatic heterocycles. The second kappa shape index (κ2) is 9.01. The summed E-state index contributed by atoms with van der Waals surface area (Å²) in [6.45, 7) is 1.24. The molecule has 180 valence electrons. The Hall–Kier alpha value is -2.95. The molecular weight excluding hydrogens is 471 g/mol. The summed E-state index contributed by atoms with van der Waals surface area (Å²) in [5.41, 5.74) is 0.942. The van der Waals surface area contributed by atoms with Gasteiger partial charge in [0.2, 0.25) is 4.90 Å². The molecule has 3 aromatic carbocycles. The highest BCUT2D eigenvalue weighted by molar-refractivity contribution is 7.95. The minimum atomic E-state index is -3.70. The van der Waals surface area contributed by atoms with Gasteiger partial charge in [0.25, 0.3) is 5.92 Å². The second-order valence-electron chi connectivity index (χ2n) is 8.26. The van der Waals surface area contributed by atoms with Crippen LogP contribution < -0.4 is 9.84 Å². The van der Waals surface area contributed by atoms with Gasteiger partial charge in [0.1, 0.15) is 17.3 Å². The Balaban J connectivity index is 1.64. The number of benzene rings is 3. The molecular formula is C24H22F3NO5S. The quantitative estimate of drug-likeness (QED) is 0.516. The summed E-state index contributed by atoms with van der Waals surface area (Å²) >= 11 is 0. The molecule has 1 atom stereocenters. The monoisotopic (exact) mass is 493 g/mol. The number of hydrogen-bond acceptors (Lipinski definition) is 4. The first-order valence-corrected chi connectivity index (χ1v) is 12.0. The highest BCUT2D eigenvalue weighted by atomic mass is 32.3. The molecule has 1 unspecified atom stereocenters. The molecule has 0 saturated carbocycles. The normalized spacial score (nSPS) is 17.9. The van der Waals surface area contributed by atoms with Crippen LogP contribution in [0.5, 0.6) is 11.5 Å². The summed E-state index contributed by atoms with van der Waals surface area (Å²) < 4.78 is 71.4. The van der Waals surface area contributed by atoms with Crippen LogP contribution in [0, 0.1) is 12.7 Å². The Kier molecular flexibility index (Phi) is 6.41. The number of carbonyl (C=O) groups excluding carboxylic acids is 1. The van der Waals surface area contributed by atoms with E-state index in [4.69, 9.17) is 4.74 Å². The number of halogens is 3. The number of carbonyl (C=O) groups is 1. The van der Waals surface area contributed by atoms with Crippen LogP contribution >= 0.6 is 0 Å². The van der Waals surface area contributed by atoms with Gasteiger partial charge in [-0.15, -0.1) is 0 Å². The van der Waals surface area contributed by atoms with E-state index < -0.39 is 41.0 Å². The average Bonchev–Trinajstić information content (AvgIpc) is 2.77. The summed E-state index contributed by atoms with van der Waals surface area (Å²) in [6, 6.07) is 11.3. The molecule has 1 saturated heterocycles. The van der Waals surface area contributed by atoms with E-state index in [0.717, 1.165) is 4.31 Å². The van der Waals surface area contributed by atoms with E-state index >= 15 is 0 Å². The van der Waals surface area contributed by atoms with Crippen LogP contribution in [0.1, 0.15) is 24.0 Å². The lowest BCUT2D eigenvalue weighted by Crippen LogP contribution is -2.45. The van der Waals surface area contributed by atoms with Gasteiger partial charge < -0.3 is 14.6 Å². The number of fused-ring (bicyclic) bond motifs is 1. The van der Waals surface area contributed by atoms with Crippen LogP contribution in [-0.4, -0.2) is 33.8 Å². The Labute approximate surface area is 195 Å². The van der Waals surface area contributed by atoms with Gasteiger partial charge >= 0.3 is 10.4 Å². The van der Waals surface area contributed by atoms with E-state index in [0.29, 0.717) is 21.9 Å². The van der Waals surface area contributed by atoms with Gasteiger partial charge in [0.05, 0.1) is 13.1 Å². The van der Waals surface area contributed by atoms with Crippen LogP contribution in [0.3, 0.4) is 0 Å². The number of piperidine rings is 1. The van der Waals surface area contributed by atoms with Gasteiger partial charge in [-0.2, -0.15) is 4.55 Å². The first-order valence-electron chi connectivity index (χ1n) is 10.6. The van der Waals surface area contributed by atoms with Crippen molar-refractivity contribution >= 4 is 27.1 Å². The average molecular weight is 494 g/mol. The highest BCUT2D eigenvalue weighted by Gasteiger charge is 2.45. The third-order valence-corrected chi connectivity index (χ3v) is 7.85. The Morgan fingerprint density at radius 2 is 1.79 bits per heavy atom. The van der Waals surface area contributed by atoms with Gasteiger partial charge in [0.15, 0.2) is 0 Å². The summed E-state index contributed by atoms with van der Waals surface area (Å²) in [7, 11) is -3.70. The Morgan fingerprint density at radius 1 is 1.15 bits per heavy atom. The van der Waals surface area contributed by atoms with E-state index in [1.807, 2.05) is 0 Å². The molecule has 4 rings (SSSR count). The van der Waals surface area contributed by atoms with Crippen LogP contribution in [0.25, 0.3) is 10.8 Å². The predicted octanol–water partition coefficient (Wildman–Crippen LogP) is 4.35. The maximum Gasteiger partial charge on any atom is 0.325 e. The lowest BCUT2D eigenvalue weighted by atomic mass is 9.98. The Bertz CT molecular complexity index is 1290. The maximum absolute atomic E-state index is 13.9.